The summed E-state index contributed by atoms with van der Waals surface area (Å²) in [6.45, 7) is 0.984. The van der Waals surface area contributed by atoms with E-state index in [4.69, 9.17) is 5.26 Å². The van der Waals surface area contributed by atoms with Gasteiger partial charge in [-0.05, 0) is 35.7 Å². The van der Waals surface area contributed by atoms with Gasteiger partial charge in [-0.25, -0.2) is 8.42 Å². The van der Waals surface area contributed by atoms with E-state index < -0.39 is 34.0 Å². The molecule has 0 aromatic heterocycles. The molecule has 2 aromatic rings. The van der Waals surface area contributed by atoms with Crippen LogP contribution in [0.3, 0.4) is 0 Å². The van der Waals surface area contributed by atoms with Crippen LogP contribution >= 0.6 is 0 Å². The monoisotopic (exact) mass is 439 g/mol. The summed E-state index contributed by atoms with van der Waals surface area (Å²) in [7, 11) is -3.34. The maximum atomic E-state index is 13.6. The molecule has 0 fully saturated rings. The molecule has 0 aliphatic heterocycles. The first-order valence-electron chi connectivity index (χ1n) is 8.81. The average Bonchev–Trinajstić information content (AvgIpc) is 2.68. The number of sulfone groups is 1. The summed E-state index contributed by atoms with van der Waals surface area (Å²) in [5.74, 6) is -0.714. The van der Waals surface area contributed by atoms with E-state index in [0.29, 0.717) is 11.1 Å². The second-order valence-corrected chi connectivity index (χ2v) is 8.67. The maximum absolute atomic E-state index is 13.6. The Morgan fingerprint density at radius 1 is 1.07 bits per heavy atom. The van der Waals surface area contributed by atoms with Gasteiger partial charge in [-0.15, -0.1) is 0 Å². The highest BCUT2D eigenvalue weighted by Gasteiger charge is 2.42. The fraction of sp³-hybridized carbons (Fsp3) is 0.300. The van der Waals surface area contributed by atoms with Crippen molar-refractivity contribution >= 4 is 15.7 Å². The van der Waals surface area contributed by atoms with Gasteiger partial charge in [-0.3, -0.25) is 10.1 Å². The first-order chi connectivity index (χ1) is 13.9. The van der Waals surface area contributed by atoms with E-state index in [0.717, 1.165) is 6.26 Å². The summed E-state index contributed by atoms with van der Waals surface area (Å²) in [4.78, 5) is 11.9. The summed E-state index contributed by atoms with van der Waals surface area (Å²) in [5, 5.41) is 12.9. The molecule has 1 amide bonds. The smallest absolute Gasteiger partial charge is 0.342 e. The third-order valence-corrected chi connectivity index (χ3v) is 5.47. The van der Waals surface area contributed by atoms with E-state index in [1.807, 2.05) is 0 Å². The first kappa shape index (κ1) is 23.4. The van der Waals surface area contributed by atoms with Crippen LogP contribution in [0.1, 0.15) is 18.5 Å². The summed E-state index contributed by atoms with van der Waals surface area (Å²) in [5.41, 5.74) is 1.17. The zero-order chi connectivity index (χ0) is 22.5. The van der Waals surface area contributed by atoms with E-state index in [1.165, 1.54) is 43.3 Å². The average molecular weight is 439 g/mol. The van der Waals surface area contributed by atoms with Crippen molar-refractivity contribution in [3.63, 3.8) is 0 Å². The molecule has 0 aliphatic rings. The van der Waals surface area contributed by atoms with Crippen molar-refractivity contribution in [1.29, 1.82) is 5.26 Å². The number of benzene rings is 2. The van der Waals surface area contributed by atoms with Crippen LogP contribution in [-0.4, -0.2) is 39.3 Å². The van der Waals surface area contributed by atoms with Gasteiger partial charge in [0.1, 0.15) is 12.6 Å². The molecule has 0 unspecified atom stereocenters. The van der Waals surface area contributed by atoms with Crippen LogP contribution in [0.15, 0.2) is 53.4 Å². The lowest BCUT2D eigenvalue weighted by Crippen LogP contribution is -2.47. The quantitative estimate of drug-likeness (QED) is 0.647. The van der Waals surface area contributed by atoms with Crippen molar-refractivity contribution in [3.05, 3.63) is 54.1 Å². The van der Waals surface area contributed by atoms with Crippen molar-refractivity contribution in [2.75, 3.05) is 12.8 Å². The number of nitrogens with zero attached hydrogens (tertiary/aromatic N) is 1. The predicted molar refractivity (Wildman–Crippen MR) is 105 cm³/mol. The van der Waals surface area contributed by atoms with Gasteiger partial charge < -0.3 is 5.32 Å². The lowest BCUT2D eigenvalue weighted by atomic mass is 10.00. The number of hydrogen-bond donors (Lipinski definition) is 2. The van der Waals surface area contributed by atoms with E-state index in [1.54, 1.807) is 18.2 Å². The number of nitrogens with one attached hydrogen (secondary N) is 2. The number of carbonyl (C=O) groups excluding carboxylic acids is 1. The predicted octanol–water partition coefficient (Wildman–Crippen LogP) is 2.98. The molecule has 0 spiro atoms. The van der Waals surface area contributed by atoms with E-state index in [-0.39, 0.29) is 17.0 Å². The minimum atomic E-state index is -4.65. The lowest BCUT2D eigenvalue weighted by Gasteiger charge is -2.25. The normalized spacial score (nSPS) is 13.9. The molecule has 0 aliphatic carbocycles. The van der Waals surface area contributed by atoms with Gasteiger partial charge in [-0.2, -0.15) is 18.4 Å². The van der Waals surface area contributed by atoms with Crippen LogP contribution in [0.25, 0.3) is 11.1 Å². The van der Waals surface area contributed by atoms with Gasteiger partial charge in [0.15, 0.2) is 9.84 Å². The molecule has 2 aromatic carbocycles. The van der Waals surface area contributed by atoms with Gasteiger partial charge in [0, 0.05) is 6.26 Å². The number of hydrogen-bond acceptors (Lipinski definition) is 5. The molecule has 0 saturated carbocycles. The minimum absolute atomic E-state index is 0.0843. The zero-order valence-electron chi connectivity index (χ0n) is 16.2. The van der Waals surface area contributed by atoms with Gasteiger partial charge in [-0.1, -0.05) is 36.4 Å². The lowest BCUT2D eigenvalue weighted by molar-refractivity contribution is -0.160. The molecule has 0 saturated heterocycles. The number of rotatable bonds is 7. The topological polar surface area (TPSA) is 99.1 Å². The van der Waals surface area contributed by atoms with Crippen molar-refractivity contribution in [2.24, 2.45) is 0 Å². The van der Waals surface area contributed by atoms with Gasteiger partial charge >= 0.3 is 6.18 Å². The van der Waals surface area contributed by atoms with Crippen LogP contribution in [0.5, 0.6) is 0 Å². The molecule has 10 heteroatoms. The second kappa shape index (κ2) is 9.28. The Hall–Kier alpha value is -2.90. The number of halogens is 3. The summed E-state index contributed by atoms with van der Waals surface area (Å²) < 4.78 is 63.7. The first-order valence-corrected chi connectivity index (χ1v) is 10.7. The van der Waals surface area contributed by atoms with Crippen LogP contribution in [0.4, 0.5) is 13.2 Å². The highest BCUT2D eigenvalue weighted by atomic mass is 32.2. The number of alkyl halides is 3. The molecule has 0 radical (unpaired) electrons. The Balaban J connectivity index is 2.24. The molecular formula is C20H20F3N3O3S. The minimum Gasteiger partial charge on any atom is -0.342 e. The fourth-order valence-corrected chi connectivity index (χ4v) is 3.38. The maximum Gasteiger partial charge on any atom is 0.407 e. The molecule has 2 rings (SSSR count). The molecule has 2 atom stereocenters. The second-order valence-electron chi connectivity index (χ2n) is 6.66. The molecule has 6 nitrogen and oxygen atoms in total. The number of amides is 1. The third kappa shape index (κ3) is 6.05. The Morgan fingerprint density at radius 2 is 1.57 bits per heavy atom. The SMILES string of the molecule is C[C@H](N[C@@H](c1ccc(-c2ccc(S(C)(=O)=O)cc2)cc1)C(F)(F)F)C(=O)NCC#N. The Kier molecular flexibility index (Phi) is 7.23. The van der Waals surface area contributed by atoms with Crippen molar-refractivity contribution in [3.8, 4) is 17.2 Å². The molecule has 0 heterocycles. The Morgan fingerprint density at radius 3 is 2.00 bits per heavy atom. The summed E-state index contributed by atoms with van der Waals surface area (Å²) in [6.07, 6.45) is -3.56. The van der Waals surface area contributed by atoms with Gasteiger partial charge in [0.05, 0.1) is 17.0 Å². The fourth-order valence-electron chi connectivity index (χ4n) is 2.75. The van der Waals surface area contributed by atoms with Crippen LogP contribution in [-0.2, 0) is 14.6 Å². The van der Waals surface area contributed by atoms with Crippen molar-refractivity contribution < 1.29 is 26.4 Å². The Labute approximate surface area is 172 Å². The van der Waals surface area contributed by atoms with E-state index in [2.05, 4.69) is 10.6 Å². The number of carbonyl (C=O) groups is 1. The highest BCUT2D eigenvalue weighted by Crippen LogP contribution is 2.34. The van der Waals surface area contributed by atoms with Crippen molar-refractivity contribution in [1.82, 2.24) is 10.6 Å². The Bertz CT molecular complexity index is 1030. The number of nitriles is 1. The van der Waals surface area contributed by atoms with Gasteiger partial charge in [0.25, 0.3) is 0 Å². The molecular weight excluding hydrogens is 419 g/mol. The molecule has 160 valence electrons. The van der Waals surface area contributed by atoms with E-state index in [9.17, 15) is 26.4 Å². The van der Waals surface area contributed by atoms with Crippen molar-refractivity contribution in [2.45, 2.75) is 30.1 Å². The van der Waals surface area contributed by atoms with E-state index >= 15 is 0 Å². The highest BCUT2D eigenvalue weighted by molar-refractivity contribution is 7.90. The molecule has 30 heavy (non-hydrogen) atoms. The largest absolute Gasteiger partial charge is 0.407 e. The summed E-state index contributed by atoms with van der Waals surface area (Å²) >= 11 is 0. The zero-order valence-corrected chi connectivity index (χ0v) is 17.0. The van der Waals surface area contributed by atoms with Crippen LogP contribution < -0.4 is 10.6 Å². The standard InChI is InChI=1S/C20H20F3N3O3S/c1-13(19(27)25-12-11-24)26-18(20(21,22)23)16-5-3-14(4-6-16)15-7-9-17(10-8-15)30(2,28)29/h3-10,13,18,26H,12H2,1-2H3,(H,25,27)/t13-,18-/m0/s1. The van der Waals surface area contributed by atoms with Gasteiger partial charge in [0.2, 0.25) is 5.91 Å². The molecule has 2 N–H and O–H groups in total. The summed E-state index contributed by atoms with van der Waals surface area (Å²) in [6, 6.07) is 10.0. The van der Waals surface area contributed by atoms with Crippen LogP contribution in [0, 0.1) is 11.3 Å². The van der Waals surface area contributed by atoms with Crippen LogP contribution in [0.2, 0.25) is 0 Å². The molecule has 0 bridgehead atoms. The third-order valence-electron chi connectivity index (χ3n) is 4.34.